The molecule has 1 aromatic carbocycles. The molecule has 5 rings (SSSR count). The smallest absolute Gasteiger partial charge is 0.298 e. The zero-order valence-electron chi connectivity index (χ0n) is 19.4. The van der Waals surface area contributed by atoms with E-state index in [1.807, 2.05) is 11.8 Å². The second-order valence-corrected chi connectivity index (χ2v) is 9.74. The Labute approximate surface area is 192 Å². The van der Waals surface area contributed by atoms with E-state index < -0.39 is 11.7 Å². The van der Waals surface area contributed by atoms with Gasteiger partial charge in [-0.15, -0.1) is 0 Å². The highest BCUT2D eigenvalue weighted by Gasteiger charge is 2.47. The van der Waals surface area contributed by atoms with Gasteiger partial charge in [0.25, 0.3) is 11.9 Å². The van der Waals surface area contributed by atoms with Crippen LogP contribution in [-0.4, -0.2) is 49.9 Å². The third-order valence-electron chi connectivity index (χ3n) is 6.96. The van der Waals surface area contributed by atoms with Crippen LogP contribution in [0.5, 0.6) is 5.75 Å². The molecule has 0 radical (unpaired) electrons. The van der Waals surface area contributed by atoms with Crippen LogP contribution in [0.25, 0.3) is 0 Å². The summed E-state index contributed by atoms with van der Waals surface area (Å²) in [5, 5.41) is 2.73. The molecule has 8 nitrogen and oxygen atoms in total. The Balaban J connectivity index is 1.29. The number of anilines is 2. The summed E-state index contributed by atoms with van der Waals surface area (Å²) in [5.74, 6) is 1.11. The monoisotopic (exact) mass is 459 g/mol. The number of hydrogen-bond donors (Lipinski definition) is 1. The standard InChI is InChI=1S/C24H30FN3O5/c1-13-5-16(9-18(25)21(13)32-17-7-14-6-15(14)8-17)26-22(29)20-19(10-30-3)33-23(27-20)28-11-24(2,12-28)31-4/h5,9,14-15,17H,6-8,10-12H2,1-4H3,(H,26,29)/t14-,15?,17?/m0/s1. The van der Waals surface area contributed by atoms with Crippen molar-refractivity contribution in [2.24, 2.45) is 11.8 Å². The average molecular weight is 460 g/mol. The first-order chi connectivity index (χ1) is 15.8. The largest absolute Gasteiger partial charge is 0.487 e. The molecule has 1 aliphatic heterocycles. The van der Waals surface area contributed by atoms with Crippen molar-refractivity contribution in [3.8, 4) is 5.75 Å². The van der Waals surface area contributed by atoms with Crippen molar-refractivity contribution < 1.29 is 27.8 Å². The topological polar surface area (TPSA) is 86.1 Å². The zero-order valence-corrected chi connectivity index (χ0v) is 19.4. The van der Waals surface area contributed by atoms with E-state index in [-0.39, 0.29) is 29.8 Å². The lowest BCUT2D eigenvalue weighted by atomic mass is 9.97. The summed E-state index contributed by atoms with van der Waals surface area (Å²) in [6.45, 7) is 5.08. The Kier molecular flexibility index (Phi) is 5.56. The first-order valence-electron chi connectivity index (χ1n) is 11.4. The number of carbonyl (C=O) groups excluding carboxylic acids is 1. The SMILES string of the molecule is COCc1oc(N2CC(C)(OC)C2)nc1C(=O)Nc1cc(C)c(OC2CC3C[C@H]3C2)c(F)c1. The molecule has 2 aliphatic carbocycles. The van der Waals surface area contributed by atoms with Gasteiger partial charge in [-0.2, -0.15) is 4.98 Å². The van der Waals surface area contributed by atoms with Gasteiger partial charge in [-0.3, -0.25) is 4.79 Å². The predicted octanol–water partition coefficient (Wildman–Crippen LogP) is 3.92. The first-order valence-corrected chi connectivity index (χ1v) is 11.4. The molecule has 0 spiro atoms. The Bertz CT molecular complexity index is 1030. The van der Waals surface area contributed by atoms with Crippen molar-refractivity contribution in [1.82, 2.24) is 4.98 Å². The number of fused-ring (bicyclic) bond motifs is 1. The van der Waals surface area contributed by atoms with Crippen molar-refractivity contribution in [2.75, 3.05) is 37.5 Å². The second-order valence-electron chi connectivity index (χ2n) is 9.74. The van der Waals surface area contributed by atoms with E-state index in [1.165, 1.54) is 19.6 Å². The van der Waals surface area contributed by atoms with E-state index in [0.717, 1.165) is 24.7 Å². The summed E-state index contributed by atoms with van der Waals surface area (Å²) in [6, 6.07) is 3.33. The van der Waals surface area contributed by atoms with Gasteiger partial charge in [-0.05, 0) is 56.6 Å². The summed E-state index contributed by atoms with van der Waals surface area (Å²) >= 11 is 0. The van der Waals surface area contributed by atoms with Gasteiger partial charge in [0, 0.05) is 26.0 Å². The summed E-state index contributed by atoms with van der Waals surface area (Å²) in [7, 11) is 3.18. The molecule has 33 heavy (non-hydrogen) atoms. The maximum Gasteiger partial charge on any atom is 0.298 e. The number of aromatic nitrogens is 1. The maximum absolute atomic E-state index is 14.8. The number of nitrogens with zero attached hydrogens (tertiary/aromatic N) is 2. The Morgan fingerprint density at radius 2 is 2.00 bits per heavy atom. The lowest BCUT2D eigenvalue weighted by Gasteiger charge is -2.45. The molecule has 3 atom stereocenters. The van der Waals surface area contributed by atoms with E-state index in [0.29, 0.717) is 36.1 Å². The van der Waals surface area contributed by atoms with Gasteiger partial charge >= 0.3 is 0 Å². The van der Waals surface area contributed by atoms with Gasteiger partial charge < -0.3 is 28.8 Å². The molecule has 9 heteroatoms. The van der Waals surface area contributed by atoms with Gasteiger partial charge in [0.2, 0.25) is 0 Å². The Morgan fingerprint density at radius 1 is 1.27 bits per heavy atom. The van der Waals surface area contributed by atoms with Gasteiger partial charge in [0.05, 0.1) is 19.2 Å². The van der Waals surface area contributed by atoms with Crippen LogP contribution in [0, 0.1) is 24.6 Å². The van der Waals surface area contributed by atoms with Crippen molar-refractivity contribution in [3.63, 3.8) is 0 Å². The van der Waals surface area contributed by atoms with E-state index >= 15 is 0 Å². The van der Waals surface area contributed by atoms with E-state index in [1.54, 1.807) is 20.1 Å². The summed E-state index contributed by atoms with van der Waals surface area (Å²) < 4.78 is 37.2. The van der Waals surface area contributed by atoms with Gasteiger partial charge in [-0.1, -0.05) is 0 Å². The molecule has 3 aliphatic rings. The number of carbonyl (C=O) groups is 1. The number of halogens is 1. The number of oxazole rings is 1. The third kappa shape index (κ3) is 4.31. The van der Waals surface area contributed by atoms with Crippen LogP contribution in [0.4, 0.5) is 16.1 Å². The van der Waals surface area contributed by atoms with Crippen molar-refractivity contribution in [3.05, 3.63) is 35.0 Å². The van der Waals surface area contributed by atoms with E-state index in [2.05, 4.69) is 10.3 Å². The highest BCUT2D eigenvalue weighted by atomic mass is 19.1. The molecule has 1 amide bonds. The molecular weight excluding hydrogens is 429 g/mol. The van der Waals surface area contributed by atoms with E-state index in [4.69, 9.17) is 18.6 Å². The summed E-state index contributed by atoms with van der Waals surface area (Å²) in [5.41, 5.74) is 0.820. The number of hydrogen-bond acceptors (Lipinski definition) is 7. The van der Waals surface area contributed by atoms with Crippen LogP contribution in [0.2, 0.25) is 0 Å². The number of rotatable bonds is 8. The Hall–Kier alpha value is -2.65. The van der Waals surface area contributed by atoms with Crippen LogP contribution in [0.15, 0.2) is 16.5 Å². The average Bonchev–Trinajstić information content (AvgIpc) is 3.16. The molecule has 1 aromatic heterocycles. The summed E-state index contributed by atoms with van der Waals surface area (Å²) in [6.07, 6.45) is 3.36. The van der Waals surface area contributed by atoms with Crippen LogP contribution in [0.1, 0.15) is 48.0 Å². The Morgan fingerprint density at radius 3 is 2.64 bits per heavy atom. The van der Waals surface area contributed by atoms with Gasteiger partial charge in [0.15, 0.2) is 23.0 Å². The third-order valence-corrected chi connectivity index (χ3v) is 6.96. The number of amides is 1. The molecular formula is C24H30FN3O5. The fourth-order valence-corrected chi connectivity index (χ4v) is 4.97. The number of aryl methyl sites for hydroxylation is 1. The number of nitrogens with one attached hydrogen (secondary N) is 1. The molecule has 0 bridgehead atoms. The van der Waals surface area contributed by atoms with Crippen LogP contribution >= 0.6 is 0 Å². The van der Waals surface area contributed by atoms with Gasteiger partial charge in [0.1, 0.15) is 12.2 Å². The molecule has 1 saturated heterocycles. The molecule has 3 fully saturated rings. The minimum absolute atomic E-state index is 0.0778. The minimum atomic E-state index is -0.490. The van der Waals surface area contributed by atoms with Crippen molar-refractivity contribution >= 4 is 17.6 Å². The first kappa shape index (κ1) is 22.2. The predicted molar refractivity (Wildman–Crippen MR) is 119 cm³/mol. The molecule has 2 saturated carbocycles. The normalized spacial score (nSPS) is 24.9. The molecule has 2 aromatic rings. The number of methoxy groups -OCH3 is 2. The second kappa shape index (κ2) is 8.29. The zero-order chi connectivity index (χ0) is 23.3. The minimum Gasteiger partial charge on any atom is -0.487 e. The molecule has 1 N–H and O–H groups in total. The van der Waals surface area contributed by atoms with Gasteiger partial charge in [-0.25, -0.2) is 4.39 Å². The fourth-order valence-electron chi connectivity index (χ4n) is 4.97. The molecule has 2 heterocycles. The lowest BCUT2D eigenvalue weighted by molar-refractivity contribution is -0.0192. The van der Waals surface area contributed by atoms with Crippen LogP contribution < -0.4 is 15.0 Å². The van der Waals surface area contributed by atoms with E-state index in [9.17, 15) is 9.18 Å². The van der Waals surface area contributed by atoms with Crippen LogP contribution in [-0.2, 0) is 16.1 Å². The fraction of sp³-hybridized carbons (Fsp3) is 0.583. The lowest BCUT2D eigenvalue weighted by Crippen LogP contribution is -2.61. The van der Waals surface area contributed by atoms with Crippen LogP contribution in [0.3, 0.4) is 0 Å². The highest BCUT2D eigenvalue weighted by molar-refractivity contribution is 6.03. The summed E-state index contributed by atoms with van der Waals surface area (Å²) in [4.78, 5) is 19.2. The van der Waals surface area contributed by atoms with Crippen molar-refractivity contribution in [2.45, 2.75) is 51.4 Å². The molecule has 178 valence electrons. The molecule has 2 unspecified atom stereocenters. The van der Waals surface area contributed by atoms with Crippen molar-refractivity contribution in [1.29, 1.82) is 0 Å². The number of benzene rings is 1. The quantitative estimate of drug-likeness (QED) is 0.640. The number of ether oxygens (including phenoxy) is 3. The highest BCUT2D eigenvalue weighted by Crippen LogP contribution is 2.52. The maximum atomic E-state index is 14.8.